The Balaban J connectivity index is 2.05. The van der Waals surface area contributed by atoms with Crippen LogP contribution in [0, 0.1) is 0 Å². The van der Waals surface area contributed by atoms with Gasteiger partial charge in [-0.3, -0.25) is 0 Å². The van der Waals surface area contributed by atoms with Crippen molar-refractivity contribution in [2.24, 2.45) is 0 Å². The maximum atomic E-state index is 5.94. The molecular weight excluding hydrogens is 338 g/mol. The van der Waals surface area contributed by atoms with Crippen molar-refractivity contribution in [3.63, 3.8) is 0 Å². The van der Waals surface area contributed by atoms with E-state index in [1.807, 2.05) is 42.6 Å². The van der Waals surface area contributed by atoms with Crippen molar-refractivity contribution < 1.29 is 4.74 Å². The van der Waals surface area contributed by atoms with Crippen LogP contribution in [0.5, 0.6) is 11.6 Å². The maximum absolute atomic E-state index is 5.94. The molecule has 0 saturated carbocycles. The first-order valence-electron chi connectivity index (χ1n) is 6.19. The molecular formula is C14H12BrN3OS. The zero-order valence-electron chi connectivity index (χ0n) is 10.8. The summed E-state index contributed by atoms with van der Waals surface area (Å²) in [6.07, 6.45) is 0. The number of aromatic nitrogens is 2. The van der Waals surface area contributed by atoms with Crippen molar-refractivity contribution >= 4 is 43.4 Å². The number of nitrogens with zero attached hydrogens (tertiary/aromatic N) is 2. The molecule has 6 heteroatoms. The van der Waals surface area contributed by atoms with Crippen LogP contribution in [0.25, 0.3) is 10.2 Å². The van der Waals surface area contributed by atoms with Gasteiger partial charge in [0.2, 0.25) is 11.8 Å². The topological polar surface area (TPSA) is 47.0 Å². The Labute approximate surface area is 129 Å². The van der Waals surface area contributed by atoms with Crippen molar-refractivity contribution in [1.82, 2.24) is 9.97 Å². The molecule has 0 saturated heterocycles. The Kier molecular flexibility index (Phi) is 3.84. The molecule has 0 spiro atoms. The van der Waals surface area contributed by atoms with E-state index in [4.69, 9.17) is 4.74 Å². The van der Waals surface area contributed by atoms with E-state index in [1.165, 1.54) is 0 Å². The zero-order valence-corrected chi connectivity index (χ0v) is 13.2. The van der Waals surface area contributed by atoms with Gasteiger partial charge in [-0.2, -0.15) is 4.98 Å². The predicted octanol–water partition coefficient (Wildman–Crippen LogP) is 4.68. The molecule has 2 aromatic heterocycles. The summed E-state index contributed by atoms with van der Waals surface area (Å²) in [6.45, 7) is 2.78. The number of benzene rings is 1. The third-order valence-corrected chi connectivity index (χ3v) is 4.13. The molecule has 2 heterocycles. The molecule has 102 valence electrons. The van der Waals surface area contributed by atoms with E-state index in [0.717, 1.165) is 27.0 Å². The normalized spacial score (nSPS) is 10.7. The molecule has 0 aliphatic heterocycles. The fourth-order valence-corrected chi connectivity index (χ4v) is 2.90. The van der Waals surface area contributed by atoms with Crippen LogP contribution < -0.4 is 10.1 Å². The monoisotopic (exact) mass is 349 g/mol. The number of hydrogen-bond acceptors (Lipinski definition) is 5. The van der Waals surface area contributed by atoms with E-state index in [-0.39, 0.29) is 0 Å². The highest BCUT2D eigenvalue weighted by Crippen LogP contribution is 2.34. The van der Waals surface area contributed by atoms with Gasteiger partial charge < -0.3 is 10.1 Å². The predicted molar refractivity (Wildman–Crippen MR) is 85.8 cm³/mol. The van der Waals surface area contributed by atoms with Crippen molar-refractivity contribution in [1.29, 1.82) is 0 Å². The van der Waals surface area contributed by atoms with E-state index in [9.17, 15) is 0 Å². The summed E-state index contributed by atoms with van der Waals surface area (Å²) in [7, 11) is 0. The molecule has 0 bridgehead atoms. The van der Waals surface area contributed by atoms with Crippen molar-refractivity contribution in [3.05, 3.63) is 40.2 Å². The fourth-order valence-electron chi connectivity index (χ4n) is 1.77. The third-order valence-electron chi connectivity index (χ3n) is 2.67. The van der Waals surface area contributed by atoms with Crippen LogP contribution in [0.4, 0.5) is 5.95 Å². The van der Waals surface area contributed by atoms with Crippen LogP contribution >= 0.6 is 27.3 Å². The molecule has 4 nitrogen and oxygen atoms in total. The highest BCUT2D eigenvalue weighted by Gasteiger charge is 2.11. The van der Waals surface area contributed by atoms with Gasteiger partial charge in [0.05, 0.1) is 9.86 Å². The van der Waals surface area contributed by atoms with Gasteiger partial charge in [-0.15, -0.1) is 11.3 Å². The van der Waals surface area contributed by atoms with Crippen LogP contribution in [0.3, 0.4) is 0 Å². The van der Waals surface area contributed by atoms with Crippen LogP contribution in [0.2, 0.25) is 0 Å². The minimum atomic E-state index is 0.569. The van der Waals surface area contributed by atoms with E-state index >= 15 is 0 Å². The molecule has 20 heavy (non-hydrogen) atoms. The lowest BCUT2D eigenvalue weighted by Crippen LogP contribution is -2.03. The maximum Gasteiger partial charge on any atom is 0.232 e. The molecule has 0 unspecified atom stereocenters. The van der Waals surface area contributed by atoms with Gasteiger partial charge in [-0.05, 0) is 46.4 Å². The first kappa shape index (κ1) is 13.3. The minimum Gasteiger partial charge on any atom is -0.437 e. The molecule has 3 rings (SSSR count). The van der Waals surface area contributed by atoms with Gasteiger partial charge in [0.15, 0.2) is 0 Å². The van der Waals surface area contributed by atoms with E-state index in [1.54, 1.807) is 11.3 Å². The van der Waals surface area contributed by atoms with E-state index in [0.29, 0.717) is 11.8 Å². The largest absolute Gasteiger partial charge is 0.437 e. The first-order valence-corrected chi connectivity index (χ1v) is 7.86. The second-order valence-corrected chi connectivity index (χ2v) is 5.80. The minimum absolute atomic E-state index is 0.569. The van der Waals surface area contributed by atoms with Crippen LogP contribution in [0.15, 0.2) is 40.2 Å². The smallest absolute Gasteiger partial charge is 0.232 e. The van der Waals surface area contributed by atoms with Crippen LogP contribution in [0.1, 0.15) is 6.92 Å². The molecule has 0 aliphatic rings. The summed E-state index contributed by atoms with van der Waals surface area (Å²) in [6, 6.07) is 9.68. The van der Waals surface area contributed by atoms with Crippen molar-refractivity contribution in [2.45, 2.75) is 6.92 Å². The fraction of sp³-hybridized carbons (Fsp3) is 0.143. The number of nitrogens with one attached hydrogen (secondary N) is 1. The van der Waals surface area contributed by atoms with Crippen molar-refractivity contribution in [3.8, 4) is 11.6 Å². The number of para-hydroxylation sites is 1. The molecule has 1 aromatic carbocycles. The molecule has 0 aliphatic carbocycles. The summed E-state index contributed by atoms with van der Waals surface area (Å²) in [4.78, 5) is 9.81. The molecule has 0 radical (unpaired) electrons. The second-order valence-electron chi connectivity index (χ2n) is 4.05. The van der Waals surface area contributed by atoms with Crippen molar-refractivity contribution in [2.75, 3.05) is 11.9 Å². The van der Waals surface area contributed by atoms with Gasteiger partial charge in [0.1, 0.15) is 10.6 Å². The highest BCUT2D eigenvalue weighted by molar-refractivity contribution is 9.10. The number of hydrogen-bond donors (Lipinski definition) is 1. The van der Waals surface area contributed by atoms with Crippen LogP contribution in [-0.2, 0) is 0 Å². The van der Waals surface area contributed by atoms with Gasteiger partial charge in [0, 0.05) is 6.54 Å². The Morgan fingerprint density at radius 2 is 2.10 bits per heavy atom. The summed E-state index contributed by atoms with van der Waals surface area (Å²) < 4.78 is 6.83. The quantitative estimate of drug-likeness (QED) is 0.742. The van der Waals surface area contributed by atoms with Crippen LogP contribution in [-0.4, -0.2) is 16.5 Å². The van der Waals surface area contributed by atoms with E-state index in [2.05, 4.69) is 31.2 Å². The van der Waals surface area contributed by atoms with E-state index < -0.39 is 0 Å². The Hall–Kier alpha value is -1.66. The van der Waals surface area contributed by atoms with Gasteiger partial charge in [0.25, 0.3) is 0 Å². The molecule has 0 amide bonds. The first-order chi connectivity index (χ1) is 9.78. The molecule has 0 fully saturated rings. The second kappa shape index (κ2) is 5.76. The average molecular weight is 350 g/mol. The molecule has 3 aromatic rings. The summed E-state index contributed by atoms with van der Waals surface area (Å²) >= 11 is 5.05. The lowest BCUT2D eigenvalue weighted by Gasteiger charge is -2.09. The Bertz CT molecular complexity index is 744. The highest BCUT2D eigenvalue weighted by atomic mass is 79.9. The van der Waals surface area contributed by atoms with Gasteiger partial charge in [-0.1, -0.05) is 12.1 Å². The summed E-state index contributed by atoms with van der Waals surface area (Å²) in [5, 5.41) is 6.03. The van der Waals surface area contributed by atoms with Gasteiger partial charge in [-0.25, -0.2) is 4.98 Å². The summed E-state index contributed by atoms with van der Waals surface area (Å²) in [5.74, 6) is 1.89. The zero-order chi connectivity index (χ0) is 13.9. The lowest BCUT2D eigenvalue weighted by molar-refractivity contribution is 0.466. The van der Waals surface area contributed by atoms with Gasteiger partial charge >= 0.3 is 0 Å². The number of ether oxygens (including phenoxy) is 1. The number of anilines is 1. The Morgan fingerprint density at radius 3 is 2.90 bits per heavy atom. The third kappa shape index (κ3) is 2.62. The molecule has 1 N–H and O–H groups in total. The average Bonchev–Trinajstić information content (AvgIpc) is 2.90. The summed E-state index contributed by atoms with van der Waals surface area (Å²) in [5.41, 5.74) is 0. The SMILES string of the molecule is CCNc1nc(Oc2ccccc2Br)c2ccsc2n1. The Morgan fingerprint density at radius 1 is 1.25 bits per heavy atom. The number of fused-ring (bicyclic) bond motifs is 1. The number of rotatable bonds is 4. The number of thiophene rings is 1. The lowest BCUT2D eigenvalue weighted by atomic mass is 10.3. The molecule has 0 atom stereocenters. The standard InChI is InChI=1S/C14H12BrN3OS/c1-2-16-14-17-12(9-7-8-20-13(9)18-14)19-11-6-4-3-5-10(11)15/h3-8H,2H2,1H3,(H,16,17,18). The number of halogens is 1.